The van der Waals surface area contributed by atoms with Gasteiger partial charge in [0.2, 0.25) is 0 Å². The number of pyridine rings is 1. The molecule has 2 rings (SSSR count). The Morgan fingerprint density at radius 2 is 2.50 bits per heavy atom. The van der Waals surface area contributed by atoms with Crippen molar-refractivity contribution in [3.05, 3.63) is 30.6 Å². The molecule has 10 heavy (non-hydrogen) atoms. The number of rotatable bonds is 0. The summed E-state index contributed by atoms with van der Waals surface area (Å²) in [5.74, 6) is 0. The topological polar surface area (TPSA) is 17.8 Å². The molecule has 2 aromatic heterocycles. The Balaban J connectivity index is 2.93. The predicted molar refractivity (Wildman–Crippen MR) is 39.6 cm³/mol. The lowest BCUT2D eigenvalue weighted by Gasteiger charge is -1.91. The van der Waals surface area contributed by atoms with Crippen LogP contribution in [0.15, 0.2) is 24.4 Å². The van der Waals surface area contributed by atoms with Crippen molar-refractivity contribution in [2.24, 2.45) is 7.05 Å². The summed E-state index contributed by atoms with van der Waals surface area (Å²) in [6, 6.07) is 5.84. The van der Waals surface area contributed by atoms with Crippen molar-refractivity contribution in [2.45, 2.75) is 0 Å². The molecular formula is C8H7N2. The highest BCUT2D eigenvalue weighted by atomic mass is 14.9. The molecule has 0 saturated heterocycles. The van der Waals surface area contributed by atoms with Gasteiger partial charge in [0.05, 0.1) is 17.2 Å². The first-order valence-electron chi connectivity index (χ1n) is 3.16. The summed E-state index contributed by atoms with van der Waals surface area (Å²) in [7, 11) is 1.96. The van der Waals surface area contributed by atoms with Gasteiger partial charge in [0.25, 0.3) is 0 Å². The van der Waals surface area contributed by atoms with Gasteiger partial charge < -0.3 is 4.57 Å². The number of nitrogens with zero attached hydrogens (tertiary/aromatic N) is 2. The smallest absolute Gasteiger partial charge is 0.0887 e. The first kappa shape index (κ1) is 5.47. The van der Waals surface area contributed by atoms with Crippen molar-refractivity contribution in [3.63, 3.8) is 0 Å². The standard InChI is InChI=1S/C8H7N2/c1-10-6-4-7-8(10)3-2-5-9-7/h2-5H,1H3. The molecule has 0 saturated carbocycles. The molecule has 0 bridgehead atoms. The number of fused-ring (bicyclic) bond motifs is 1. The van der Waals surface area contributed by atoms with Crippen molar-refractivity contribution in [3.8, 4) is 0 Å². The third-order valence-electron chi connectivity index (χ3n) is 1.57. The molecule has 2 aromatic rings. The van der Waals surface area contributed by atoms with E-state index in [0.717, 1.165) is 11.0 Å². The van der Waals surface area contributed by atoms with Gasteiger partial charge in [0.1, 0.15) is 0 Å². The van der Waals surface area contributed by atoms with Crippen molar-refractivity contribution in [1.82, 2.24) is 9.55 Å². The Hall–Kier alpha value is -1.31. The first-order valence-corrected chi connectivity index (χ1v) is 3.16. The lowest BCUT2D eigenvalue weighted by atomic mass is 10.4. The SMILES string of the molecule is Cn1[c]cc2ncccc21. The second-order valence-electron chi connectivity index (χ2n) is 2.24. The minimum atomic E-state index is 1.00. The van der Waals surface area contributed by atoms with E-state index in [-0.39, 0.29) is 0 Å². The molecule has 2 heteroatoms. The van der Waals surface area contributed by atoms with Gasteiger partial charge in [-0.3, -0.25) is 4.98 Å². The van der Waals surface area contributed by atoms with Gasteiger partial charge in [-0.2, -0.15) is 0 Å². The Morgan fingerprint density at radius 3 is 3.30 bits per heavy atom. The van der Waals surface area contributed by atoms with E-state index in [1.807, 2.05) is 29.8 Å². The fourth-order valence-corrected chi connectivity index (χ4v) is 1.03. The maximum absolute atomic E-state index is 4.15. The van der Waals surface area contributed by atoms with E-state index in [4.69, 9.17) is 0 Å². The molecule has 0 N–H and O–H groups in total. The number of aromatic nitrogens is 2. The number of hydrogen-bond donors (Lipinski definition) is 0. The van der Waals surface area contributed by atoms with Crippen molar-refractivity contribution < 1.29 is 0 Å². The Bertz CT molecular complexity index is 349. The van der Waals surface area contributed by atoms with Crippen LogP contribution >= 0.6 is 0 Å². The third-order valence-corrected chi connectivity index (χ3v) is 1.57. The minimum Gasteiger partial charge on any atom is -0.341 e. The van der Waals surface area contributed by atoms with Crippen LogP contribution in [-0.2, 0) is 7.05 Å². The van der Waals surface area contributed by atoms with E-state index < -0.39 is 0 Å². The molecule has 0 aliphatic heterocycles. The van der Waals surface area contributed by atoms with Gasteiger partial charge >= 0.3 is 0 Å². The van der Waals surface area contributed by atoms with E-state index >= 15 is 0 Å². The van der Waals surface area contributed by atoms with E-state index in [2.05, 4.69) is 11.2 Å². The highest BCUT2D eigenvalue weighted by Gasteiger charge is 1.94. The highest BCUT2D eigenvalue weighted by Crippen LogP contribution is 2.08. The van der Waals surface area contributed by atoms with Gasteiger partial charge in [0, 0.05) is 13.2 Å². The molecular weight excluding hydrogens is 124 g/mol. The molecule has 0 atom stereocenters. The highest BCUT2D eigenvalue weighted by molar-refractivity contribution is 5.74. The van der Waals surface area contributed by atoms with Crippen LogP contribution in [0.3, 0.4) is 0 Å². The van der Waals surface area contributed by atoms with Gasteiger partial charge in [-0.05, 0) is 18.2 Å². The summed E-state index contributed by atoms with van der Waals surface area (Å²) in [5, 5.41) is 0. The maximum atomic E-state index is 4.15. The quantitative estimate of drug-likeness (QED) is 0.528. The zero-order valence-corrected chi connectivity index (χ0v) is 5.70. The van der Waals surface area contributed by atoms with Gasteiger partial charge in [0.15, 0.2) is 0 Å². The van der Waals surface area contributed by atoms with Crippen LogP contribution in [0.2, 0.25) is 0 Å². The minimum absolute atomic E-state index is 1.00. The van der Waals surface area contributed by atoms with Gasteiger partial charge in [-0.25, -0.2) is 0 Å². The van der Waals surface area contributed by atoms with Crippen LogP contribution in [0.4, 0.5) is 0 Å². The van der Waals surface area contributed by atoms with Crippen LogP contribution in [0.25, 0.3) is 11.0 Å². The molecule has 0 spiro atoms. The van der Waals surface area contributed by atoms with E-state index in [9.17, 15) is 0 Å². The summed E-state index contributed by atoms with van der Waals surface area (Å²) < 4.78 is 1.93. The molecule has 2 heterocycles. The Labute approximate surface area is 59.1 Å². The van der Waals surface area contributed by atoms with Gasteiger partial charge in [-0.15, -0.1) is 0 Å². The number of hydrogen-bond acceptors (Lipinski definition) is 1. The summed E-state index contributed by atoms with van der Waals surface area (Å²) in [5.41, 5.74) is 2.13. The molecule has 0 unspecified atom stereocenters. The first-order chi connectivity index (χ1) is 4.88. The van der Waals surface area contributed by atoms with E-state index in [1.165, 1.54) is 0 Å². The monoisotopic (exact) mass is 131 g/mol. The fourth-order valence-electron chi connectivity index (χ4n) is 1.03. The molecule has 1 radical (unpaired) electrons. The zero-order chi connectivity index (χ0) is 6.97. The second-order valence-corrected chi connectivity index (χ2v) is 2.24. The molecule has 0 aliphatic carbocycles. The fraction of sp³-hybridized carbons (Fsp3) is 0.125. The molecule has 0 aliphatic rings. The number of aryl methyl sites for hydroxylation is 1. The predicted octanol–water partition coefficient (Wildman–Crippen LogP) is 1.37. The van der Waals surface area contributed by atoms with Gasteiger partial charge in [-0.1, -0.05) is 0 Å². The summed E-state index contributed by atoms with van der Waals surface area (Å²) in [4.78, 5) is 4.15. The average molecular weight is 131 g/mol. The molecule has 49 valence electrons. The van der Waals surface area contributed by atoms with Crippen molar-refractivity contribution in [1.29, 1.82) is 0 Å². The lowest BCUT2D eigenvalue weighted by Crippen LogP contribution is -1.83. The van der Waals surface area contributed by atoms with Crippen molar-refractivity contribution in [2.75, 3.05) is 0 Å². The zero-order valence-electron chi connectivity index (χ0n) is 5.70. The average Bonchev–Trinajstić information content (AvgIpc) is 2.34. The lowest BCUT2D eigenvalue weighted by molar-refractivity contribution is 0.959. The Kier molecular flexibility index (Phi) is 1.01. The normalized spacial score (nSPS) is 10.5. The van der Waals surface area contributed by atoms with Crippen LogP contribution < -0.4 is 0 Å². The van der Waals surface area contributed by atoms with Crippen LogP contribution in [0, 0.1) is 6.20 Å². The molecule has 0 aromatic carbocycles. The largest absolute Gasteiger partial charge is 0.341 e. The molecule has 2 nitrogen and oxygen atoms in total. The van der Waals surface area contributed by atoms with E-state index in [0.29, 0.717) is 0 Å². The van der Waals surface area contributed by atoms with Crippen LogP contribution in [-0.4, -0.2) is 9.55 Å². The summed E-state index contributed by atoms with van der Waals surface area (Å²) in [6.45, 7) is 0. The third kappa shape index (κ3) is 0.620. The van der Waals surface area contributed by atoms with Crippen LogP contribution in [0.5, 0.6) is 0 Å². The second kappa shape index (κ2) is 1.84. The Morgan fingerprint density at radius 1 is 1.60 bits per heavy atom. The summed E-state index contributed by atoms with van der Waals surface area (Å²) in [6.07, 6.45) is 4.82. The maximum Gasteiger partial charge on any atom is 0.0887 e. The molecule has 0 fully saturated rings. The van der Waals surface area contributed by atoms with E-state index in [1.54, 1.807) is 6.20 Å². The molecule has 0 amide bonds. The summed E-state index contributed by atoms with van der Waals surface area (Å²) >= 11 is 0. The van der Waals surface area contributed by atoms with Crippen LogP contribution in [0.1, 0.15) is 0 Å². The van der Waals surface area contributed by atoms with Crippen molar-refractivity contribution >= 4 is 11.0 Å².